The highest BCUT2D eigenvalue weighted by Gasteiger charge is 2.30. The molecule has 1 amide bonds. The fourth-order valence-corrected chi connectivity index (χ4v) is 2.38. The van der Waals surface area contributed by atoms with Gasteiger partial charge in [-0.3, -0.25) is 9.59 Å². The fraction of sp³-hybridized carbons (Fsp3) is 0.400. The standard InChI is InChI=1S/C15H18N2O4/c1-5-21-15(20)11-8-10-6-7-12(17(10)9(11)2)13(18)14(19)16(3)4/h6-7H,5,8H2,1-4H3. The number of carbonyl (C=O) groups is 3. The molecule has 6 heteroatoms. The second kappa shape index (κ2) is 5.55. The fourth-order valence-electron chi connectivity index (χ4n) is 2.38. The van der Waals surface area contributed by atoms with Gasteiger partial charge in [0, 0.05) is 31.9 Å². The van der Waals surface area contributed by atoms with E-state index in [9.17, 15) is 14.4 Å². The minimum absolute atomic E-state index is 0.278. The Morgan fingerprint density at radius 3 is 2.52 bits per heavy atom. The number of aromatic nitrogens is 1. The van der Waals surface area contributed by atoms with Crippen LogP contribution in [0.25, 0.3) is 5.70 Å². The molecule has 0 atom stereocenters. The lowest BCUT2D eigenvalue weighted by molar-refractivity contribution is -0.138. The van der Waals surface area contributed by atoms with E-state index in [-0.39, 0.29) is 11.7 Å². The lowest BCUT2D eigenvalue weighted by atomic mass is 10.1. The molecular weight excluding hydrogens is 272 g/mol. The predicted molar refractivity (Wildman–Crippen MR) is 76.7 cm³/mol. The van der Waals surface area contributed by atoms with Gasteiger partial charge in [-0.15, -0.1) is 0 Å². The summed E-state index contributed by atoms with van der Waals surface area (Å²) in [5, 5.41) is 0. The number of Topliss-reactive ketones (excluding diaryl/α,β-unsaturated/α-hetero) is 1. The largest absolute Gasteiger partial charge is 0.463 e. The van der Waals surface area contributed by atoms with Crippen LogP contribution in [0.3, 0.4) is 0 Å². The maximum Gasteiger partial charge on any atom is 0.336 e. The van der Waals surface area contributed by atoms with E-state index in [2.05, 4.69) is 0 Å². The van der Waals surface area contributed by atoms with Crippen LogP contribution in [-0.4, -0.2) is 47.8 Å². The summed E-state index contributed by atoms with van der Waals surface area (Å²) in [5.74, 6) is -1.56. The number of amides is 1. The Morgan fingerprint density at radius 1 is 1.29 bits per heavy atom. The normalized spacial score (nSPS) is 13.1. The molecule has 0 aliphatic carbocycles. The van der Waals surface area contributed by atoms with Gasteiger partial charge in [0.2, 0.25) is 0 Å². The maximum atomic E-state index is 12.2. The van der Waals surface area contributed by atoms with Crippen LogP contribution in [0.15, 0.2) is 17.7 Å². The summed E-state index contributed by atoms with van der Waals surface area (Å²) < 4.78 is 6.68. The third-order valence-corrected chi connectivity index (χ3v) is 3.45. The first-order chi connectivity index (χ1) is 9.88. The van der Waals surface area contributed by atoms with Gasteiger partial charge in [-0.2, -0.15) is 0 Å². The van der Waals surface area contributed by atoms with E-state index in [0.717, 1.165) is 5.69 Å². The molecule has 0 bridgehead atoms. The van der Waals surface area contributed by atoms with Crippen LogP contribution >= 0.6 is 0 Å². The van der Waals surface area contributed by atoms with E-state index in [4.69, 9.17) is 4.74 Å². The summed E-state index contributed by atoms with van der Waals surface area (Å²) in [7, 11) is 3.06. The number of hydrogen-bond donors (Lipinski definition) is 0. The first-order valence-corrected chi connectivity index (χ1v) is 6.72. The molecule has 0 fully saturated rings. The van der Waals surface area contributed by atoms with E-state index in [0.29, 0.717) is 24.3 Å². The zero-order valence-electron chi connectivity index (χ0n) is 12.6. The summed E-state index contributed by atoms with van der Waals surface area (Å²) in [6.45, 7) is 3.79. The van der Waals surface area contributed by atoms with E-state index >= 15 is 0 Å². The van der Waals surface area contributed by atoms with Crippen molar-refractivity contribution in [3.8, 4) is 0 Å². The van der Waals surface area contributed by atoms with Crippen molar-refractivity contribution in [3.63, 3.8) is 0 Å². The summed E-state index contributed by atoms with van der Waals surface area (Å²) in [5.41, 5.74) is 2.26. The second-order valence-corrected chi connectivity index (χ2v) is 5.04. The molecule has 1 aliphatic rings. The smallest absolute Gasteiger partial charge is 0.336 e. The number of likely N-dealkylation sites (N-methyl/N-ethyl adjacent to an activating group) is 1. The molecule has 2 heterocycles. The average Bonchev–Trinajstić information content (AvgIpc) is 2.98. The summed E-state index contributed by atoms with van der Waals surface area (Å²) >= 11 is 0. The minimum atomic E-state index is -0.590. The number of fused-ring (bicyclic) bond motifs is 1. The molecule has 0 saturated heterocycles. The van der Waals surface area contributed by atoms with E-state index in [1.54, 1.807) is 30.5 Å². The van der Waals surface area contributed by atoms with Gasteiger partial charge in [-0.1, -0.05) is 0 Å². The highest BCUT2D eigenvalue weighted by Crippen LogP contribution is 2.30. The number of hydrogen-bond acceptors (Lipinski definition) is 4. The van der Waals surface area contributed by atoms with E-state index in [1.165, 1.54) is 19.0 Å². The quantitative estimate of drug-likeness (QED) is 0.473. The van der Waals surface area contributed by atoms with Crippen LogP contribution < -0.4 is 0 Å². The van der Waals surface area contributed by atoms with Crippen molar-refractivity contribution >= 4 is 23.4 Å². The van der Waals surface area contributed by atoms with Crippen molar-refractivity contribution in [1.29, 1.82) is 0 Å². The van der Waals surface area contributed by atoms with Crippen LogP contribution in [0.5, 0.6) is 0 Å². The molecule has 0 saturated carbocycles. The third-order valence-electron chi connectivity index (χ3n) is 3.45. The summed E-state index contributed by atoms with van der Waals surface area (Å²) in [6, 6.07) is 3.37. The monoisotopic (exact) mass is 290 g/mol. The Bertz CT molecular complexity index is 653. The molecule has 1 aromatic heterocycles. The molecular formula is C15H18N2O4. The van der Waals surface area contributed by atoms with Crippen molar-refractivity contribution in [1.82, 2.24) is 9.47 Å². The van der Waals surface area contributed by atoms with Crippen LogP contribution in [-0.2, 0) is 20.7 Å². The first kappa shape index (κ1) is 15.0. The number of ether oxygens (including phenoxy) is 1. The number of ketones is 1. The molecule has 21 heavy (non-hydrogen) atoms. The Labute approximate surface area is 123 Å². The number of nitrogens with zero attached hydrogens (tertiary/aromatic N) is 2. The lowest BCUT2D eigenvalue weighted by Crippen LogP contribution is -2.31. The van der Waals surface area contributed by atoms with E-state index < -0.39 is 11.7 Å². The molecule has 0 spiro atoms. The second-order valence-electron chi connectivity index (χ2n) is 5.04. The average molecular weight is 290 g/mol. The number of esters is 1. The topological polar surface area (TPSA) is 68.6 Å². The molecule has 6 nitrogen and oxygen atoms in total. The predicted octanol–water partition coefficient (Wildman–Crippen LogP) is 1.11. The highest BCUT2D eigenvalue weighted by molar-refractivity contribution is 6.42. The number of allylic oxidation sites excluding steroid dienone is 1. The van der Waals surface area contributed by atoms with Crippen LogP contribution in [0, 0.1) is 0 Å². The van der Waals surface area contributed by atoms with E-state index in [1.807, 2.05) is 0 Å². The molecule has 0 aromatic carbocycles. The molecule has 0 N–H and O–H groups in total. The summed E-state index contributed by atoms with van der Waals surface area (Å²) in [4.78, 5) is 37.2. The molecule has 112 valence electrons. The molecule has 0 unspecified atom stereocenters. The van der Waals surface area contributed by atoms with Gasteiger partial charge in [0.1, 0.15) is 0 Å². The summed E-state index contributed by atoms with van der Waals surface area (Å²) in [6.07, 6.45) is 0.411. The van der Waals surface area contributed by atoms with Crippen molar-refractivity contribution in [2.75, 3.05) is 20.7 Å². The van der Waals surface area contributed by atoms with Gasteiger partial charge in [0.05, 0.1) is 17.9 Å². The van der Waals surface area contributed by atoms with Crippen LogP contribution in [0.2, 0.25) is 0 Å². The van der Waals surface area contributed by atoms with Gasteiger partial charge >= 0.3 is 5.97 Å². The van der Waals surface area contributed by atoms with Gasteiger partial charge in [0.15, 0.2) is 0 Å². The Hall–Kier alpha value is -2.37. The maximum absolute atomic E-state index is 12.2. The first-order valence-electron chi connectivity index (χ1n) is 6.72. The van der Waals surface area contributed by atoms with Crippen molar-refractivity contribution in [3.05, 3.63) is 29.1 Å². The lowest BCUT2D eigenvalue weighted by Gasteiger charge is -2.11. The number of carbonyl (C=O) groups excluding carboxylic acids is 3. The minimum Gasteiger partial charge on any atom is -0.463 e. The molecule has 2 rings (SSSR count). The van der Waals surface area contributed by atoms with Gasteiger partial charge in [0.25, 0.3) is 11.7 Å². The van der Waals surface area contributed by atoms with Gasteiger partial charge in [-0.25, -0.2) is 4.79 Å². The Balaban J connectivity index is 2.39. The third kappa shape index (κ3) is 2.49. The van der Waals surface area contributed by atoms with Crippen molar-refractivity contribution in [2.24, 2.45) is 0 Å². The molecule has 1 aliphatic heterocycles. The van der Waals surface area contributed by atoms with Crippen LogP contribution in [0.4, 0.5) is 0 Å². The van der Waals surface area contributed by atoms with Crippen molar-refractivity contribution < 1.29 is 19.1 Å². The van der Waals surface area contributed by atoms with Gasteiger partial charge in [-0.05, 0) is 26.0 Å². The SMILES string of the molecule is CCOC(=O)C1=C(C)n2c(ccc2C(=O)C(=O)N(C)C)C1. The van der Waals surface area contributed by atoms with Crippen LogP contribution in [0.1, 0.15) is 30.0 Å². The highest BCUT2D eigenvalue weighted by atomic mass is 16.5. The van der Waals surface area contributed by atoms with Gasteiger partial charge < -0.3 is 14.2 Å². The molecule has 1 aromatic rings. The zero-order valence-corrected chi connectivity index (χ0v) is 12.6. The Morgan fingerprint density at radius 2 is 1.95 bits per heavy atom. The number of rotatable bonds is 4. The molecule has 0 radical (unpaired) electrons. The van der Waals surface area contributed by atoms with Crippen molar-refractivity contribution in [2.45, 2.75) is 20.3 Å². The Kier molecular flexibility index (Phi) is 3.97. The zero-order chi connectivity index (χ0) is 15.7.